The van der Waals surface area contributed by atoms with E-state index in [1.54, 1.807) is 24.3 Å². The van der Waals surface area contributed by atoms with E-state index < -0.39 is 12.0 Å². The van der Waals surface area contributed by atoms with Crippen molar-refractivity contribution in [2.24, 2.45) is 5.73 Å². The molecule has 0 bridgehead atoms. The maximum Gasteiger partial charge on any atom is 0.248 e. The summed E-state index contributed by atoms with van der Waals surface area (Å²) >= 11 is 0. The van der Waals surface area contributed by atoms with Crippen LogP contribution in [0.25, 0.3) is 11.4 Å². The van der Waals surface area contributed by atoms with Crippen LogP contribution in [0.2, 0.25) is 0 Å². The van der Waals surface area contributed by atoms with Crippen molar-refractivity contribution in [1.82, 2.24) is 20.2 Å². The van der Waals surface area contributed by atoms with Gasteiger partial charge in [-0.05, 0) is 42.8 Å². The second-order valence-electron chi connectivity index (χ2n) is 6.34. The number of nitrogens with zero attached hydrogens (tertiary/aromatic N) is 4. The zero-order valence-corrected chi connectivity index (χ0v) is 15.2. The smallest absolute Gasteiger partial charge is 0.248 e. The predicted molar refractivity (Wildman–Crippen MR) is 99.2 cm³/mol. The van der Waals surface area contributed by atoms with Crippen molar-refractivity contribution in [3.05, 3.63) is 59.2 Å². The van der Waals surface area contributed by atoms with Crippen molar-refractivity contribution >= 4 is 5.91 Å². The number of carbonyl (C=O) groups is 1. The lowest BCUT2D eigenvalue weighted by Gasteiger charge is -2.13. The summed E-state index contributed by atoms with van der Waals surface area (Å²) in [5.41, 5.74) is 8.50. The van der Waals surface area contributed by atoms with Gasteiger partial charge in [-0.15, -0.1) is 10.2 Å². The van der Waals surface area contributed by atoms with Crippen LogP contribution in [0, 0.1) is 13.8 Å². The van der Waals surface area contributed by atoms with Crippen LogP contribution in [0.3, 0.4) is 0 Å². The van der Waals surface area contributed by atoms with Crippen LogP contribution >= 0.6 is 0 Å². The molecule has 8 heteroatoms. The number of ether oxygens (including phenoxy) is 1. The first-order valence-corrected chi connectivity index (χ1v) is 8.48. The zero-order valence-electron chi connectivity index (χ0n) is 15.2. The molecular weight excluding hydrogens is 346 g/mol. The molecule has 140 valence electrons. The van der Waals surface area contributed by atoms with Gasteiger partial charge in [0.25, 0.3) is 0 Å². The quantitative estimate of drug-likeness (QED) is 0.654. The summed E-state index contributed by atoms with van der Waals surface area (Å²) in [4.78, 5) is 12.4. The van der Waals surface area contributed by atoms with Gasteiger partial charge < -0.3 is 15.6 Å². The molecule has 27 heavy (non-hydrogen) atoms. The molecule has 1 heterocycles. The van der Waals surface area contributed by atoms with E-state index in [9.17, 15) is 9.90 Å². The number of rotatable bonds is 7. The van der Waals surface area contributed by atoms with E-state index in [4.69, 9.17) is 10.5 Å². The van der Waals surface area contributed by atoms with Crippen molar-refractivity contribution in [3.63, 3.8) is 0 Å². The standard InChI is InChI=1S/C19H21N5O3/c1-12-3-8-17(13(2)9-12)27-11-16(25)10-24-22-19(21-23-24)15-6-4-14(5-7-15)18(20)26/h3-9,16,25H,10-11H2,1-2H3,(H2,20,26). The maximum absolute atomic E-state index is 11.1. The van der Waals surface area contributed by atoms with Crippen LogP contribution in [-0.2, 0) is 6.54 Å². The highest BCUT2D eigenvalue weighted by molar-refractivity contribution is 5.93. The Morgan fingerprint density at radius 3 is 2.63 bits per heavy atom. The molecule has 3 N–H and O–H groups in total. The Kier molecular flexibility index (Phi) is 5.46. The Hall–Kier alpha value is -3.26. The zero-order chi connectivity index (χ0) is 19.4. The average Bonchev–Trinajstić information content (AvgIpc) is 3.09. The number of primary amides is 1. The predicted octanol–water partition coefficient (Wildman–Crippen LogP) is 1.50. The third-order valence-electron chi connectivity index (χ3n) is 4.02. The summed E-state index contributed by atoms with van der Waals surface area (Å²) in [5, 5.41) is 22.3. The first-order valence-electron chi connectivity index (χ1n) is 8.48. The molecular formula is C19H21N5O3. The van der Waals surface area contributed by atoms with Gasteiger partial charge in [-0.3, -0.25) is 4.79 Å². The molecule has 1 amide bonds. The van der Waals surface area contributed by atoms with Crippen molar-refractivity contribution in [1.29, 1.82) is 0 Å². The number of amides is 1. The maximum atomic E-state index is 11.1. The minimum atomic E-state index is -0.787. The van der Waals surface area contributed by atoms with Crippen LogP contribution in [0.4, 0.5) is 0 Å². The summed E-state index contributed by atoms with van der Waals surface area (Å²) in [7, 11) is 0. The molecule has 0 saturated carbocycles. The van der Waals surface area contributed by atoms with Crippen LogP contribution in [0.15, 0.2) is 42.5 Å². The number of benzene rings is 2. The van der Waals surface area contributed by atoms with Gasteiger partial charge >= 0.3 is 0 Å². The number of carbonyl (C=O) groups excluding carboxylic acids is 1. The van der Waals surface area contributed by atoms with Crippen LogP contribution in [0.5, 0.6) is 5.75 Å². The normalized spacial score (nSPS) is 12.0. The molecule has 1 aromatic heterocycles. The summed E-state index contributed by atoms with van der Waals surface area (Å²) in [5.74, 6) is 0.639. The highest BCUT2D eigenvalue weighted by atomic mass is 16.5. The van der Waals surface area contributed by atoms with Gasteiger partial charge in [0.2, 0.25) is 11.7 Å². The summed E-state index contributed by atoms with van der Waals surface area (Å²) in [6, 6.07) is 12.5. The van der Waals surface area contributed by atoms with E-state index in [-0.39, 0.29) is 13.2 Å². The molecule has 1 atom stereocenters. The first-order chi connectivity index (χ1) is 12.9. The molecule has 0 aliphatic heterocycles. The minimum Gasteiger partial charge on any atom is -0.491 e. The fourth-order valence-electron chi connectivity index (χ4n) is 2.61. The molecule has 0 aliphatic rings. The van der Waals surface area contributed by atoms with Crippen molar-refractivity contribution in [2.45, 2.75) is 26.5 Å². The van der Waals surface area contributed by atoms with Crippen molar-refractivity contribution in [3.8, 4) is 17.1 Å². The third-order valence-corrected chi connectivity index (χ3v) is 4.02. The molecule has 8 nitrogen and oxygen atoms in total. The van der Waals surface area contributed by atoms with E-state index in [1.165, 1.54) is 4.80 Å². The third kappa shape index (κ3) is 4.68. The summed E-state index contributed by atoms with van der Waals surface area (Å²) in [6.45, 7) is 4.25. The summed E-state index contributed by atoms with van der Waals surface area (Å²) in [6.07, 6.45) is -0.787. The second kappa shape index (κ2) is 7.96. The molecule has 3 aromatic rings. The van der Waals surface area contributed by atoms with E-state index >= 15 is 0 Å². The highest BCUT2D eigenvalue weighted by Gasteiger charge is 2.12. The monoisotopic (exact) mass is 367 g/mol. The number of aromatic nitrogens is 4. The fourth-order valence-corrected chi connectivity index (χ4v) is 2.61. The topological polar surface area (TPSA) is 116 Å². The molecule has 0 fully saturated rings. The van der Waals surface area contributed by atoms with Crippen molar-refractivity contribution < 1.29 is 14.6 Å². The number of aryl methyl sites for hydroxylation is 2. The van der Waals surface area contributed by atoms with Crippen LogP contribution in [0.1, 0.15) is 21.5 Å². The van der Waals surface area contributed by atoms with Gasteiger partial charge in [0.15, 0.2) is 0 Å². The van der Waals surface area contributed by atoms with Crippen molar-refractivity contribution in [2.75, 3.05) is 6.61 Å². The van der Waals surface area contributed by atoms with E-state index in [0.717, 1.165) is 16.9 Å². The minimum absolute atomic E-state index is 0.119. The van der Waals surface area contributed by atoms with Crippen LogP contribution in [-0.4, -0.2) is 43.9 Å². The molecule has 0 aliphatic carbocycles. The Labute approximate surface area is 156 Å². The highest BCUT2D eigenvalue weighted by Crippen LogP contribution is 2.19. The van der Waals surface area contributed by atoms with Gasteiger partial charge in [0.05, 0.1) is 6.54 Å². The average molecular weight is 367 g/mol. The van der Waals surface area contributed by atoms with E-state index in [1.807, 2.05) is 32.0 Å². The largest absolute Gasteiger partial charge is 0.491 e. The first kappa shape index (κ1) is 18.5. The lowest BCUT2D eigenvalue weighted by atomic mass is 10.1. The lowest BCUT2D eigenvalue weighted by Crippen LogP contribution is -2.25. The SMILES string of the molecule is Cc1ccc(OCC(O)Cn2nnc(-c3ccc(C(N)=O)cc3)n2)c(C)c1. The molecule has 2 aromatic carbocycles. The Morgan fingerprint density at radius 2 is 1.96 bits per heavy atom. The fraction of sp³-hybridized carbons (Fsp3) is 0.263. The van der Waals surface area contributed by atoms with Gasteiger partial charge in [0, 0.05) is 11.1 Å². The Bertz CT molecular complexity index is 937. The lowest BCUT2D eigenvalue weighted by molar-refractivity contribution is 0.0847. The molecule has 0 spiro atoms. The molecule has 3 rings (SSSR count). The molecule has 0 radical (unpaired) electrons. The van der Waals surface area contributed by atoms with E-state index in [0.29, 0.717) is 17.0 Å². The molecule has 1 unspecified atom stereocenters. The van der Waals surface area contributed by atoms with Crippen LogP contribution < -0.4 is 10.5 Å². The van der Waals surface area contributed by atoms with Gasteiger partial charge in [-0.25, -0.2) is 0 Å². The van der Waals surface area contributed by atoms with Gasteiger partial charge in [-0.2, -0.15) is 4.80 Å². The van der Waals surface area contributed by atoms with Gasteiger partial charge in [-0.1, -0.05) is 29.8 Å². The number of hydrogen-bond acceptors (Lipinski definition) is 6. The number of hydrogen-bond donors (Lipinski definition) is 2. The Morgan fingerprint density at radius 1 is 1.22 bits per heavy atom. The number of aliphatic hydroxyl groups excluding tert-OH is 1. The van der Waals surface area contributed by atoms with Gasteiger partial charge in [0.1, 0.15) is 18.5 Å². The van der Waals surface area contributed by atoms with E-state index in [2.05, 4.69) is 15.4 Å². The number of tetrazole rings is 1. The number of nitrogens with two attached hydrogens (primary N) is 1. The molecule has 0 saturated heterocycles. The number of aliphatic hydroxyl groups is 1. The summed E-state index contributed by atoms with van der Waals surface area (Å²) < 4.78 is 5.67. The Balaban J connectivity index is 1.59. The second-order valence-corrected chi connectivity index (χ2v) is 6.34.